The van der Waals surface area contributed by atoms with Gasteiger partial charge in [-0.15, -0.1) is 0 Å². The maximum absolute atomic E-state index is 12.2. The number of anilines is 1. The van der Waals surface area contributed by atoms with Crippen LogP contribution in [-0.4, -0.2) is 96.5 Å². The minimum atomic E-state index is -0.226. The molecule has 222 valence electrons. The van der Waals surface area contributed by atoms with Crippen LogP contribution >= 0.6 is 21.6 Å². The smallest absolute Gasteiger partial charge is 0.246 e. The van der Waals surface area contributed by atoms with Gasteiger partial charge >= 0.3 is 0 Å². The summed E-state index contributed by atoms with van der Waals surface area (Å²) in [4.78, 5) is 24.0. The molecule has 0 bridgehead atoms. The Hall–Kier alpha value is -1.80. The van der Waals surface area contributed by atoms with Crippen molar-refractivity contribution in [2.24, 2.45) is 5.92 Å². The maximum atomic E-state index is 12.2. The predicted octanol–water partition coefficient (Wildman–Crippen LogP) is 3.35. The first kappa shape index (κ1) is 35.2. The monoisotopic (exact) mass is 587 g/mol. The van der Waals surface area contributed by atoms with Crippen molar-refractivity contribution in [1.29, 1.82) is 0 Å². The van der Waals surface area contributed by atoms with E-state index in [0.717, 1.165) is 6.54 Å². The molecule has 1 aromatic carbocycles. The van der Waals surface area contributed by atoms with Crippen LogP contribution in [0.5, 0.6) is 5.75 Å². The Morgan fingerprint density at radius 1 is 1.00 bits per heavy atom. The molecule has 0 aromatic heterocycles. The number of likely N-dealkylation sites (N-methyl/N-ethyl adjacent to an activating group) is 1. The third kappa shape index (κ3) is 20.7. The highest BCUT2D eigenvalue weighted by Gasteiger charge is 2.12. The predicted molar refractivity (Wildman–Crippen MR) is 159 cm³/mol. The summed E-state index contributed by atoms with van der Waals surface area (Å²) < 4.78 is 28.0. The van der Waals surface area contributed by atoms with Gasteiger partial charge in [-0.1, -0.05) is 53.7 Å². The van der Waals surface area contributed by atoms with Gasteiger partial charge in [0.15, 0.2) is 0 Å². The normalized spacial score (nSPS) is 12.1. The molecule has 3 N–H and O–H groups in total. The van der Waals surface area contributed by atoms with Crippen molar-refractivity contribution in [3.05, 3.63) is 36.4 Å². The van der Waals surface area contributed by atoms with Crippen LogP contribution in [0.3, 0.4) is 0 Å². The van der Waals surface area contributed by atoms with Crippen LogP contribution in [0.1, 0.15) is 20.3 Å². The lowest BCUT2D eigenvalue weighted by Crippen LogP contribution is -2.28. The molecule has 1 atom stereocenters. The summed E-state index contributed by atoms with van der Waals surface area (Å²) in [6.07, 6.45) is 6.19. The zero-order valence-electron chi connectivity index (χ0n) is 23.6. The molecule has 0 saturated heterocycles. The average molecular weight is 588 g/mol. The van der Waals surface area contributed by atoms with E-state index in [4.69, 9.17) is 23.7 Å². The molecule has 1 rings (SSSR count). The van der Waals surface area contributed by atoms with E-state index >= 15 is 0 Å². The summed E-state index contributed by atoms with van der Waals surface area (Å²) in [5.41, 5.74) is 0.422. The fraction of sp³-hybridized carbons (Fsp3) is 0.630. The summed E-state index contributed by atoms with van der Waals surface area (Å²) in [5, 5.41) is 8.64. The van der Waals surface area contributed by atoms with Gasteiger partial charge in [-0.2, -0.15) is 0 Å². The van der Waals surface area contributed by atoms with E-state index in [0.29, 0.717) is 70.1 Å². The Morgan fingerprint density at radius 3 is 2.51 bits per heavy atom. The minimum Gasteiger partial charge on any atom is -0.490 e. The van der Waals surface area contributed by atoms with Crippen LogP contribution in [-0.2, 0) is 28.5 Å². The van der Waals surface area contributed by atoms with Crippen LogP contribution in [0.2, 0.25) is 0 Å². The number of amides is 2. The quantitative estimate of drug-likeness (QED) is 0.0720. The molecule has 0 radical (unpaired) electrons. The summed E-state index contributed by atoms with van der Waals surface area (Å²) in [6.45, 7) is 8.31. The second-order valence-electron chi connectivity index (χ2n) is 8.56. The first-order chi connectivity index (χ1) is 18.9. The highest BCUT2D eigenvalue weighted by atomic mass is 33.1. The van der Waals surface area contributed by atoms with Crippen molar-refractivity contribution >= 4 is 39.1 Å². The van der Waals surface area contributed by atoms with E-state index in [1.165, 1.54) is 0 Å². The Bertz CT molecular complexity index is 815. The van der Waals surface area contributed by atoms with Gasteiger partial charge in [-0.3, -0.25) is 9.59 Å². The lowest BCUT2D eigenvalue weighted by atomic mass is 10.2. The lowest BCUT2D eigenvalue weighted by molar-refractivity contribution is -0.126. The van der Waals surface area contributed by atoms with Crippen molar-refractivity contribution in [3.8, 4) is 5.75 Å². The average Bonchev–Trinajstić information content (AvgIpc) is 2.91. The number of carbonyl (C=O) groups excluding carboxylic acids is 2. The number of carbonyl (C=O) groups is 2. The summed E-state index contributed by atoms with van der Waals surface area (Å²) >= 11 is 0. The number of benzene rings is 1. The largest absolute Gasteiger partial charge is 0.490 e. The van der Waals surface area contributed by atoms with E-state index in [1.54, 1.807) is 33.7 Å². The third-order valence-electron chi connectivity index (χ3n) is 4.75. The van der Waals surface area contributed by atoms with Gasteiger partial charge in [-0.05, 0) is 31.4 Å². The highest BCUT2D eigenvalue weighted by molar-refractivity contribution is 8.76. The first-order valence-electron chi connectivity index (χ1n) is 13.1. The van der Waals surface area contributed by atoms with E-state index in [2.05, 4.69) is 29.8 Å². The van der Waals surface area contributed by atoms with Crippen molar-refractivity contribution in [2.75, 3.05) is 84.6 Å². The van der Waals surface area contributed by atoms with Crippen molar-refractivity contribution < 1.29 is 33.3 Å². The van der Waals surface area contributed by atoms with Crippen molar-refractivity contribution in [3.63, 3.8) is 0 Å². The van der Waals surface area contributed by atoms with E-state index in [1.807, 2.05) is 37.6 Å². The number of nitrogens with one attached hydrogen (secondary N) is 3. The Labute approximate surface area is 241 Å². The molecular formula is C27H45N3O7S2. The summed E-state index contributed by atoms with van der Waals surface area (Å²) in [5.74, 6) is 0.781. The molecule has 39 heavy (non-hydrogen) atoms. The number of allylic oxidation sites excluding steroid dienone is 1. The van der Waals surface area contributed by atoms with E-state index in [-0.39, 0.29) is 30.3 Å². The zero-order chi connectivity index (χ0) is 28.6. The molecule has 0 unspecified atom stereocenters. The molecule has 10 nitrogen and oxygen atoms in total. The summed E-state index contributed by atoms with van der Waals surface area (Å²) in [6, 6.07) is 7.22. The molecule has 1 aromatic rings. The van der Waals surface area contributed by atoms with E-state index < -0.39 is 0 Å². The van der Waals surface area contributed by atoms with Crippen LogP contribution in [0.25, 0.3) is 0 Å². The van der Waals surface area contributed by atoms with Crippen molar-refractivity contribution in [1.82, 2.24) is 10.6 Å². The van der Waals surface area contributed by atoms with Crippen LogP contribution in [0, 0.1) is 5.92 Å². The fourth-order valence-corrected chi connectivity index (χ4v) is 4.36. The van der Waals surface area contributed by atoms with Crippen molar-refractivity contribution in [2.45, 2.75) is 25.7 Å². The number of hydrogen-bond acceptors (Lipinski definition) is 10. The first-order valence-corrected chi connectivity index (χ1v) is 15.7. The summed E-state index contributed by atoms with van der Waals surface area (Å²) in [7, 11) is 4.98. The van der Waals surface area contributed by atoms with Gasteiger partial charge in [0.05, 0.1) is 46.1 Å². The molecule has 0 saturated carbocycles. The number of hydrogen-bond donors (Lipinski definition) is 3. The SMILES string of the molecule is CNCCOCCOCCC(=O)Nc1cccc(OC[C@H](OCCOCC(=O)NC/C=C/C(C)C)SSC)c1. The highest BCUT2D eigenvalue weighted by Crippen LogP contribution is 2.26. The van der Waals surface area contributed by atoms with Gasteiger partial charge in [0.1, 0.15) is 24.4 Å². The second kappa shape index (κ2) is 24.0. The third-order valence-corrected chi connectivity index (χ3v) is 6.65. The maximum Gasteiger partial charge on any atom is 0.246 e. The van der Waals surface area contributed by atoms with Gasteiger partial charge < -0.3 is 39.6 Å². The standard InChI is InChI=1S/C27H45N3O7S2/c1-22(2)7-6-11-29-26(32)20-35-17-18-36-27(39-38-4)21-37-24-9-5-8-23(19-24)30-25(31)10-13-33-15-16-34-14-12-28-3/h5-9,19,22,27-28H,10-18,20-21H2,1-4H3,(H,29,32)(H,30,31)/b7-6+/t27-/m1/s1. The van der Waals surface area contributed by atoms with Gasteiger partial charge in [-0.25, -0.2) is 0 Å². The minimum absolute atomic E-state index is 0.00820. The topological polar surface area (TPSA) is 116 Å². The number of ether oxygens (including phenoxy) is 5. The Kier molecular flexibility index (Phi) is 21.7. The van der Waals surface area contributed by atoms with Gasteiger partial charge in [0.25, 0.3) is 0 Å². The fourth-order valence-electron chi connectivity index (χ4n) is 2.89. The molecule has 0 aliphatic carbocycles. The molecule has 2 amide bonds. The van der Waals surface area contributed by atoms with Crippen LogP contribution < -0.4 is 20.7 Å². The molecule has 0 heterocycles. The Balaban J connectivity index is 2.26. The molecule has 12 heteroatoms. The molecule has 0 fully saturated rings. The van der Waals surface area contributed by atoms with Gasteiger partial charge in [0, 0.05) is 24.8 Å². The van der Waals surface area contributed by atoms with Crippen LogP contribution in [0.15, 0.2) is 36.4 Å². The van der Waals surface area contributed by atoms with Gasteiger partial charge in [0.2, 0.25) is 11.8 Å². The molecular weight excluding hydrogens is 542 g/mol. The molecule has 0 aliphatic heterocycles. The number of rotatable bonds is 24. The molecule has 0 aliphatic rings. The van der Waals surface area contributed by atoms with Crippen LogP contribution in [0.4, 0.5) is 5.69 Å². The molecule has 0 spiro atoms. The second-order valence-corrected chi connectivity index (χ2v) is 11.2. The Morgan fingerprint density at radius 2 is 1.77 bits per heavy atom. The lowest BCUT2D eigenvalue weighted by Gasteiger charge is -2.17. The zero-order valence-corrected chi connectivity index (χ0v) is 25.2. The van der Waals surface area contributed by atoms with E-state index in [9.17, 15) is 9.59 Å².